The van der Waals surface area contributed by atoms with Gasteiger partial charge in [-0.1, -0.05) is 12.1 Å². The molecule has 2 aromatic rings. The molecule has 20 heavy (non-hydrogen) atoms. The highest BCUT2D eigenvalue weighted by Crippen LogP contribution is 2.33. The van der Waals surface area contributed by atoms with Crippen LogP contribution in [0.3, 0.4) is 0 Å². The molecule has 1 amide bonds. The highest BCUT2D eigenvalue weighted by atomic mass is 19.1. The van der Waals surface area contributed by atoms with Crippen LogP contribution in [0.2, 0.25) is 0 Å². The number of rotatable bonds is 1. The van der Waals surface area contributed by atoms with Crippen LogP contribution < -0.4 is 10.6 Å². The van der Waals surface area contributed by atoms with Crippen LogP contribution in [-0.4, -0.2) is 12.5 Å². The van der Waals surface area contributed by atoms with E-state index in [0.717, 1.165) is 17.7 Å². The first-order valence-corrected chi connectivity index (χ1v) is 6.53. The lowest BCUT2D eigenvalue weighted by atomic mass is 10.1. The van der Waals surface area contributed by atoms with Crippen molar-refractivity contribution in [2.24, 2.45) is 0 Å². The summed E-state index contributed by atoms with van der Waals surface area (Å²) in [7, 11) is 0. The number of fused-ring (bicyclic) bond motifs is 1. The molecular formula is C16H15FN2O. The fourth-order valence-electron chi connectivity index (χ4n) is 2.55. The zero-order valence-corrected chi connectivity index (χ0v) is 11.2. The minimum Gasteiger partial charge on any atom is -0.398 e. The molecule has 0 atom stereocenters. The van der Waals surface area contributed by atoms with E-state index < -0.39 is 0 Å². The van der Waals surface area contributed by atoms with Gasteiger partial charge in [0.2, 0.25) is 0 Å². The first-order chi connectivity index (χ1) is 9.58. The van der Waals surface area contributed by atoms with Crippen molar-refractivity contribution in [2.45, 2.75) is 13.3 Å². The second-order valence-electron chi connectivity index (χ2n) is 5.02. The van der Waals surface area contributed by atoms with E-state index in [9.17, 15) is 9.18 Å². The third-order valence-electron chi connectivity index (χ3n) is 3.73. The maximum atomic E-state index is 13.6. The summed E-state index contributed by atoms with van der Waals surface area (Å²) in [5.74, 6) is -0.545. The molecule has 0 saturated carbocycles. The molecule has 1 aliphatic heterocycles. The third-order valence-corrected chi connectivity index (χ3v) is 3.73. The second-order valence-corrected chi connectivity index (χ2v) is 5.02. The van der Waals surface area contributed by atoms with Crippen molar-refractivity contribution in [1.29, 1.82) is 0 Å². The van der Waals surface area contributed by atoms with Gasteiger partial charge in [-0.2, -0.15) is 0 Å². The first-order valence-electron chi connectivity index (χ1n) is 6.53. The van der Waals surface area contributed by atoms with E-state index in [1.165, 1.54) is 6.07 Å². The predicted molar refractivity (Wildman–Crippen MR) is 77.4 cm³/mol. The van der Waals surface area contributed by atoms with Crippen LogP contribution in [0.4, 0.5) is 15.8 Å². The van der Waals surface area contributed by atoms with E-state index in [0.29, 0.717) is 23.4 Å². The standard InChI is InChI=1S/C16H15FN2O/c1-10-5-6-11(9-13(10)17)16(20)19-8-7-12-14(18)3-2-4-15(12)19/h2-6,9H,7-8,18H2,1H3. The largest absolute Gasteiger partial charge is 0.398 e. The lowest BCUT2D eigenvalue weighted by Gasteiger charge is -2.17. The molecule has 1 aliphatic rings. The predicted octanol–water partition coefficient (Wildman–Crippen LogP) is 2.92. The van der Waals surface area contributed by atoms with Crippen molar-refractivity contribution < 1.29 is 9.18 Å². The van der Waals surface area contributed by atoms with Crippen molar-refractivity contribution in [3.63, 3.8) is 0 Å². The van der Waals surface area contributed by atoms with Crippen LogP contribution in [0.15, 0.2) is 36.4 Å². The number of nitrogen functional groups attached to an aromatic ring is 1. The molecule has 102 valence electrons. The number of hydrogen-bond donors (Lipinski definition) is 1. The van der Waals surface area contributed by atoms with Crippen LogP contribution in [0, 0.1) is 12.7 Å². The Morgan fingerprint density at radius 1 is 1.30 bits per heavy atom. The van der Waals surface area contributed by atoms with Gasteiger partial charge >= 0.3 is 0 Å². The van der Waals surface area contributed by atoms with Crippen LogP contribution in [-0.2, 0) is 6.42 Å². The van der Waals surface area contributed by atoms with Gasteiger partial charge in [0.25, 0.3) is 5.91 Å². The summed E-state index contributed by atoms with van der Waals surface area (Å²) >= 11 is 0. The van der Waals surface area contributed by atoms with Crippen LogP contribution in [0.5, 0.6) is 0 Å². The Labute approximate surface area is 116 Å². The molecule has 0 aliphatic carbocycles. The number of aryl methyl sites for hydroxylation is 1. The van der Waals surface area contributed by atoms with E-state index in [1.807, 2.05) is 18.2 Å². The normalized spacial score (nSPS) is 13.4. The van der Waals surface area contributed by atoms with Crippen molar-refractivity contribution in [3.05, 3.63) is 58.9 Å². The van der Waals surface area contributed by atoms with Gasteiger partial charge in [0, 0.05) is 29.0 Å². The summed E-state index contributed by atoms with van der Waals surface area (Å²) in [6.45, 7) is 2.26. The molecule has 0 radical (unpaired) electrons. The molecule has 3 nitrogen and oxygen atoms in total. The fourth-order valence-corrected chi connectivity index (χ4v) is 2.55. The van der Waals surface area contributed by atoms with Crippen LogP contribution in [0.1, 0.15) is 21.5 Å². The summed E-state index contributed by atoms with van der Waals surface area (Å²) in [6, 6.07) is 10.1. The molecular weight excluding hydrogens is 255 g/mol. The number of benzene rings is 2. The molecule has 0 aromatic heterocycles. The summed E-state index contributed by atoms with van der Waals surface area (Å²) < 4.78 is 13.6. The number of carbonyl (C=O) groups is 1. The number of nitrogens with two attached hydrogens (primary N) is 1. The molecule has 0 fully saturated rings. The van der Waals surface area contributed by atoms with Crippen molar-refractivity contribution in [1.82, 2.24) is 0 Å². The van der Waals surface area contributed by atoms with Gasteiger partial charge in [0.15, 0.2) is 0 Å². The Balaban J connectivity index is 1.97. The fraction of sp³-hybridized carbons (Fsp3) is 0.188. The number of halogens is 1. The van der Waals surface area contributed by atoms with Gasteiger partial charge in [-0.05, 0) is 43.2 Å². The van der Waals surface area contributed by atoms with E-state index >= 15 is 0 Å². The van der Waals surface area contributed by atoms with E-state index in [2.05, 4.69) is 0 Å². The topological polar surface area (TPSA) is 46.3 Å². The summed E-state index contributed by atoms with van der Waals surface area (Å²) in [5, 5.41) is 0. The minimum atomic E-state index is -0.358. The number of nitrogens with zero attached hydrogens (tertiary/aromatic N) is 1. The van der Waals surface area contributed by atoms with Crippen LogP contribution >= 0.6 is 0 Å². The Hall–Kier alpha value is -2.36. The van der Waals surface area contributed by atoms with E-state index in [1.54, 1.807) is 24.0 Å². The van der Waals surface area contributed by atoms with Gasteiger partial charge in [0.05, 0.1) is 0 Å². The van der Waals surface area contributed by atoms with E-state index in [-0.39, 0.29) is 11.7 Å². The molecule has 2 aromatic carbocycles. The Morgan fingerprint density at radius 3 is 2.85 bits per heavy atom. The summed E-state index contributed by atoms with van der Waals surface area (Å²) in [5.41, 5.74) is 9.34. The number of hydrogen-bond acceptors (Lipinski definition) is 2. The Bertz CT molecular complexity index is 697. The molecule has 0 unspecified atom stereocenters. The van der Waals surface area contributed by atoms with Crippen molar-refractivity contribution in [3.8, 4) is 0 Å². The lowest BCUT2D eigenvalue weighted by Crippen LogP contribution is -2.28. The number of amides is 1. The summed E-state index contributed by atoms with van der Waals surface area (Å²) in [4.78, 5) is 14.2. The third kappa shape index (κ3) is 1.93. The van der Waals surface area contributed by atoms with Crippen molar-refractivity contribution in [2.75, 3.05) is 17.2 Å². The van der Waals surface area contributed by atoms with Crippen LogP contribution in [0.25, 0.3) is 0 Å². The monoisotopic (exact) mass is 270 g/mol. The van der Waals surface area contributed by atoms with Crippen molar-refractivity contribution >= 4 is 17.3 Å². The molecule has 3 rings (SSSR count). The van der Waals surface area contributed by atoms with E-state index in [4.69, 9.17) is 5.73 Å². The molecule has 2 N–H and O–H groups in total. The first kappa shape index (κ1) is 12.7. The minimum absolute atomic E-state index is 0.187. The average Bonchev–Trinajstić information content (AvgIpc) is 2.86. The Kier molecular flexibility index (Phi) is 2.93. The van der Waals surface area contributed by atoms with Gasteiger partial charge < -0.3 is 10.6 Å². The Morgan fingerprint density at radius 2 is 2.10 bits per heavy atom. The molecule has 1 heterocycles. The number of anilines is 2. The van der Waals surface area contributed by atoms with Gasteiger partial charge in [0.1, 0.15) is 5.82 Å². The smallest absolute Gasteiger partial charge is 0.258 e. The van der Waals surface area contributed by atoms with Gasteiger partial charge in [-0.25, -0.2) is 4.39 Å². The zero-order valence-electron chi connectivity index (χ0n) is 11.2. The van der Waals surface area contributed by atoms with Gasteiger partial charge in [-0.15, -0.1) is 0 Å². The maximum absolute atomic E-state index is 13.6. The maximum Gasteiger partial charge on any atom is 0.258 e. The molecule has 0 saturated heterocycles. The quantitative estimate of drug-likeness (QED) is 0.810. The second kappa shape index (κ2) is 4.63. The lowest BCUT2D eigenvalue weighted by molar-refractivity contribution is 0.0989. The number of carbonyl (C=O) groups excluding carboxylic acids is 1. The summed E-state index contributed by atoms with van der Waals surface area (Å²) in [6.07, 6.45) is 0.738. The SMILES string of the molecule is Cc1ccc(C(=O)N2CCc3c(N)cccc32)cc1F. The molecule has 0 bridgehead atoms. The highest BCUT2D eigenvalue weighted by molar-refractivity contribution is 6.07. The molecule has 4 heteroatoms. The highest BCUT2D eigenvalue weighted by Gasteiger charge is 2.26. The van der Waals surface area contributed by atoms with Gasteiger partial charge in [-0.3, -0.25) is 4.79 Å². The molecule has 0 spiro atoms. The zero-order chi connectivity index (χ0) is 14.3. The average molecular weight is 270 g/mol.